The van der Waals surface area contributed by atoms with Gasteiger partial charge in [-0.05, 0) is 62.6 Å². The van der Waals surface area contributed by atoms with Crippen LogP contribution in [0.25, 0.3) is 0 Å². The van der Waals surface area contributed by atoms with Gasteiger partial charge in [0.1, 0.15) is 11.5 Å². The molecule has 1 aliphatic carbocycles. The fraction of sp³-hybridized carbons (Fsp3) is 0.500. The molecular weight excluding hydrogens is 374 g/mol. The van der Waals surface area contributed by atoms with E-state index >= 15 is 0 Å². The average Bonchev–Trinajstić information content (AvgIpc) is 2.68. The van der Waals surface area contributed by atoms with E-state index in [1.165, 1.54) is 12.1 Å². The molecule has 1 aromatic heterocycles. The second-order valence-corrected chi connectivity index (χ2v) is 8.01. The van der Waals surface area contributed by atoms with Gasteiger partial charge in [-0.2, -0.15) is 0 Å². The summed E-state index contributed by atoms with van der Waals surface area (Å²) in [5.74, 6) is 1.15. The Labute approximate surface area is 169 Å². The molecule has 1 amide bonds. The van der Waals surface area contributed by atoms with Gasteiger partial charge in [0.15, 0.2) is 17.5 Å². The second-order valence-electron chi connectivity index (χ2n) is 8.01. The van der Waals surface area contributed by atoms with Crippen molar-refractivity contribution in [3.8, 4) is 0 Å². The first-order chi connectivity index (χ1) is 14.0. The van der Waals surface area contributed by atoms with Crippen molar-refractivity contribution in [2.75, 3.05) is 29.4 Å². The van der Waals surface area contributed by atoms with Gasteiger partial charge in [-0.15, -0.1) is 0 Å². The summed E-state index contributed by atoms with van der Waals surface area (Å²) in [6, 6.07) is 4.17. The van der Waals surface area contributed by atoms with Gasteiger partial charge >= 0.3 is 0 Å². The summed E-state index contributed by atoms with van der Waals surface area (Å²) >= 11 is 0. The van der Waals surface area contributed by atoms with Crippen LogP contribution in [0.4, 0.5) is 20.3 Å². The van der Waals surface area contributed by atoms with Gasteiger partial charge in [0.05, 0.1) is 12.7 Å². The van der Waals surface area contributed by atoms with Crippen LogP contribution in [-0.4, -0.2) is 35.5 Å². The topological polar surface area (TPSA) is 49.3 Å². The number of hydrogen-bond acceptors (Lipinski definition) is 4. The Hall–Kier alpha value is -2.57. The Kier molecular flexibility index (Phi) is 5.48. The van der Waals surface area contributed by atoms with Crippen LogP contribution in [0.2, 0.25) is 0 Å². The molecule has 154 valence electrons. The summed E-state index contributed by atoms with van der Waals surface area (Å²) in [5.41, 5.74) is 1.64. The molecule has 5 nitrogen and oxygen atoms in total. The minimum Gasteiger partial charge on any atom is -0.346 e. The molecule has 0 radical (unpaired) electrons. The Balaban J connectivity index is 1.39. The lowest BCUT2D eigenvalue weighted by Gasteiger charge is -2.37. The number of rotatable bonds is 6. The standard InChI is InChI=1S/C22H26F2N4O/c1-3-27-13-21(29)28(4-2)19-12-25-20(26-22(19)27)11-16-8-15(9-16)7-14-5-6-17(23)18(24)10-14/h5-6,10,12,15-16H,3-4,7-9,11,13H2,1-2H3. The molecule has 2 heterocycles. The maximum Gasteiger partial charge on any atom is 0.246 e. The van der Waals surface area contributed by atoms with E-state index in [1.807, 2.05) is 18.7 Å². The van der Waals surface area contributed by atoms with E-state index in [-0.39, 0.29) is 5.91 Å². The highest BCUT2D eigenvalue weighted by Gasteiger charge is 2.32. The molecule has 29 heavy (non-hydrogen) atoms. The highest BCUT2D eigenvalue weighted by molar-refractivity contribution is 6.02. The highest BCUT2D eigenvalue weighted by atomic mass is 19.2. The molecule has 2 aromatic rings. The third-order valence-electron chi connectivity index (χ3n) is 6.03. The van der Waals surface area contributed by atoms with E-state index in [0.717, 1.165) is 55.1 Å². The van der Waals surface area contributed by atoms with Gasteiger partial charge in [-0.3, -0.25) is 4.79 Å². The van der Waals surface area contributed by atoms with Crippen LogP contribution < -0.4 is 9.80 Å². The van der Waals surface area contributed by atoms with Gasteiger partial charge in [0.25, 0.3) is 0 Å². The van der Waals surface area contributed by atoms with Crippen molar-refractivity contribution in [1.82, 2.24) is 9.97 Å². The predicted molar refractivity (Wildman–Crippen MR) is 108 cm³/mol. The molecule has 0 unspecified atom stereocenters. The number of carbonyl (C=O) groups is 1. The molecular formula is C22H26F2N4O. The molecule has 0 bridgehead atoms. The maximum atomic E-state index is 13.4. The van der Waals surface area contributed by atoms with Crippen molar-refractivity contribution >= 4 is 17.4 Å². The molecule has 1 saturated carbocycles. The molecule has 0 spiro atoms. The predicted octanol–water partition coefficient (Wildman–Crippen LogP) is 3.76. The van der Waals surface area contributed by atoms with Gasteiger partial charge < -0.3 is 9.80 Å². The van der Waals surface area contributed by atoms with Gasteiger partial charge in [-0.25, -0.2) is 18.7 Å². The Morgan fingerprint density at radius 3 is 2.52 bits per heavy atom. The highest BCUT2D eigenvalue weighted by Crippen LogP contribution is 2.39. The SMILES string of the molecule is CCN1CC(=O)N(CC)c2cnc(CC3CC(Cc4ccc(F)c(F)c4)C3)nc21. The second kappa shape index (κ2) is 8.05. The Bertz CT molecular complexity index is 914. The smallest absolute Gasteiger partial charge is 0.246 e. The van der Waals surface area contributed by atoms with Crippen LogP contribution in [0.3, 0.4) is 0 Å². The van der Waals surface area contributed by atoms with Crippen LogP contribution in [-0.2, 0) is 17.6 Å². The zero-order chi connectivity index (χ0) is 20.5. The van der Waals surface area contributed by atoms with Gasteiger partial charge in [-0.1, -0.05) is 6.07 Å². The van der Waals surface area contributed by atoms with Crippen LogP contribution in [0.5, 0.6) is 0 Å². The molecule has 1 aliphatic heterocycles. The molecule has 7 heteroatoms. The first-order valence-electron chi connectivity index (χ1n) is 10.3. The summed E-state index contributed by atoms with van der Waals surface area (Å²) in [7, 11) is 0. The molecule has 1 aromatic carbocycles. The van der Waals surface area contributed by atoms with Gasteiger partial charge in [0.2, 0.25) is 5.91 Å². The largest absolute Gasteiger partial charge is 0.346 e. The number of hydrogen-bond donors (Lipinski definition) is 0. The number of amides is 1. The number of anilines is 2. The molecule has 2 aliphatic rings. The van der Waals surface area contributed by atoms with Crippen molar-refractivity contribution in [2.45, 2.75) is 39.5 Å². The molecule has 0 atom stereocenters. The number of halogens is 2. The summed E-state index contributed by atoms with van der Waals surface area (Å²) in [5, 5.41) is 0. The van der Waals surface area contributed by atoms with Crippen molar-refractivity contribution in [3.05, 3.63) is 47.4 Å². The van der Waals surface area contributed by atoms with E-state index in [9.17, 15) is 13.6 Å². The Morgan fingerprint density at radius 2 is 1.83 bits per heavy atom. The summed E-state index contributed by atoms with van der Waals surface area (Å²) in [6.45, 7) is 5.67. The third-order valence-corrected chi connectivity index (χ3v) is 6.03. The van der Waals surface area contributed by atoms with E-state index < -0.39 is 11.6 Å². The van der Waals surface area contributed by atoms with Crippen molar-refractivity contribution < 1.29 is 13.6 Å². The summed E-state index contributed by atoms with van der Waals surface area (Å²) < 4.78 is 26.4. The summed E-state index contributed by atoms with van der Waals surface area (Å²) in [4.78, 5) is 25.3. The van der Waals surface area contributed by atoms with Crippen molar-refractivity contribution in [2.24, 2.45) is 11.8 Å². The van der Waals surface area contributed by atoms with Crippen LogP contribution in [0.1, 0.15) is 38.1 Å². The molecule has 0 saturated heterocycles. The van der Waals surface area contributed by atoms with E-state index in [0.29, 0.717) is 24.9 Å². The number of fused-ring (bicyclic) bond motifs is 1. The van der Waals surface area contributed by atoms with Gasteiger partial charge in [0, 0.05) is 19.5 Å². The minimum atomic E-state index is -0.797. The lowest BCUT2D eigenvalue weighted by atomic mass is 9.70. The number of nitrogens with zero attached hydrogens (tertiary/aromatic N) is 4. The lowest BCUT2D eigenvalue weighted by molar-refractivity contribution is -0.117. The fourth-order valence-electron chi connectivity index (χ4n) is 4.45. The van der Waals surface area contributed by atoms with Crippen LogP contribution in [0.15, 0.2) is 24.4 Å². The van der Waals surface area contributed by atoms with Crippen LogP contribution in [0, 0.1) is 23.5 Å². The van der Waals surface area contributed by atoms with Crippen molar-refractivity contribution in [1.29, 1.82) is 0 Å². The molecule has 1 fully saturated rings. The minimum absolute atomic E-state index is 0.0808. The van der Waals surface area contributed by atoms with Crippen LogP contribution >= 0.6 is 0 Å². The number of carbonyl (C=O) groups excluding carboxylic acids is 1. The quantitative estimate of drug-likeness (QED) is 0.741. The molecule has 0 N–H and O–H groups in total. The zero-order valence-corrected chi connectivity index (χ0v) is 16.9. The first-order valence-corrected chi connectivity index (χ1v) is 10.3. The number of likely N-dealkylation sites (N-methyl/N-ethyl adjacent to an activating group) is 2. The first kappa shape index (κ1) is 19.7. The maximum absolute atomic E-state index is 13.4. The third kappa shape index (κ3) is 3.95. The zero-order valence-electron chi connectivity index (χ0n) is 16.9. The summed E-state index contributed by atoms with van der Waals surface area (Å²) in [6.07, 6.45) is 5.43. The van der Waals surface area contributed by atoms with E-state index in [4.69, 9.17) is 4.98 Å². The number of aromatic nitrogens is 2. The number of benzene rings is 1. The van der Waals surface area contributed by atoms with E-state index in [2.05, 4.69) is 4.98 Å². The average molecular weight is 400 g/mol. The van der Waals surface area contributed by atoms with E-state index in [1.54, 1.807) is 17.2 Å². The lowest BCUT2D eigenvalue weighted by Crippen LogP contribution is -2.46. The Morgan fingerprint density at radius 1 is 1.07 bits per heavy atom. The monoisotopic (exact) mass is 400 g/mol. The molecule has 4 rings (SSSR count). The van der Waals surface area contributed by atoms with Crippen molar-refractivity contribution in [3.63, 3.8) is 0 Å². The normalized spacial score (nSPS) is 21.2. The fourth-order valence-corrected chi connectivity index (χ4v) is 4.45.